The van der Waals surface area contributed by atoms with Crippen molar-refractivity contribution in [1.29, 1.82) is 0 Å². The Hall–Kier alpha value is -2.09. The van der Waals surface area contributed by atoms with Gasteiger partial charge in [-0.1, -0.05) is 31.5 Å². The van der Waals surface area contributed by atoms with E-state index >= 15 is 0 Å². The van der Waals surface area contributed by atoms with Gasteiger partial charge >= 0.3 is 0 Å². The van der Waals surface area contributed by atoms with E-state index in [9.17, 15) is 13.2 Å². The first-order valence-corrected chi connectivity index (χ1v) is 11.6. The maximum atomic E-state index is 12.8. The van der Waals surface area contributed by atoms with Gasteiger partial charge in [-0.15, -0.1) is 0 Å². The number of halogens is 1. The molecule has 2 aromatic carbocycles. The van der Waals surface area contributed by atoms with Crippen LogP contribution in [0.3, 0.4) is 0 Å². The number of sulfonamides is 1. The highest BCUT2D eigenvalue weighted by atomic mass is 35.5. The molecule has 0 atom stereocenters. The monoisotopic (exact) mass is 435 g/mol. The molecule has 0 spiro atoms. The Morgan fingerprint density at radius 1 is 1.00 bits per heavy atom. The van der Waals surface area contributed by atoms with Crippen LogP contribution < -0.4 is 4.90 Å². The van der Waals surface area contributed by atoms with Crippen LogP contribution in [0, 0.1) is 0 Å². The highest BCUT2D eigenvalue weighted by Crippen LogP contribution is 2.22. The van der Waals surface area contributed by atoms with Crippen LogP contribution in [0.4, 0.5) is 5.69 Å². The molecule has 1 aliphatic rings. The summed E-state index contributed by atoms with van der Waals surface area (Å²) in [5.74, 6) is -0.0810. The second-order valence-corrected chi connectivity index (χ2v) is 9.25. The van der Waals surface area contributed by atoms with Crippen molar-refractivity contribution < 1.29 is 13.2 Å². The van der Waals surface area contributed by atoms with Gasteiger partial charge in [0.15, 0.2) is 0 Å². The molecule has 0 saturated carbocycles. The third-order valence-electron chi connectivity index (χ3n) is 5.18. The van der Waals surface area contributed by atoms with Crippen LogP contribution >= 0.6 is 11.6 Å². The summed E-state index contributed by atoms with van der Waals surface area (Å²) in [6.45, 7) is 7.09. The summed E-state index contributed by atoms with van der Waals surface area (Å²) in [5, 5.41) is 0.695. The van der Waals surface area contributed by atoms with Gasteiger partial charge in [0.25, 0.3) is 5.91 Å². The molecule has 29 heavy (non-hydrogen) atoms. The van der Waals surface area contributed by atoms with E-state index in [1.54, 1.807) is 17.0 Å². The highest BCUT2D eigenvalue weighted by Gasteiger charge is 2.24. The van der Waals surface area contributed by atoms with Crippen molar-refractivity contribution in [1.82, 2.24) is 9.21 Å². The van der Waals surface area contributed by atoms with E-state index in [4.69, 9.17) is 11.6 Å². The van der Waals surface area contributed by atoms with E-state index in [0.717, 1.165) is 18.8 Å². The Kier molecular flexibility index (Phi) is 6.82. The number of nitrogens with zero attached hydrogens (tertiary/aromatic N) is 3. The topological polar surface area (TPSA) is 60.9 Å². The van der Waals surface area contributed by atoms with Crippen LogP contribution in [0.1, 0.15) is 24.2 Å². The van der Waals surface area contributed by atoms with E-state index in [1.165, 1.54) is 16.4 Å². The zero-order valence-corrected chi connectivity index (χ0v) is 18.3. The zero-order chi connectivity index (χ0) is 21.0. The maximum absolute atomic E-state index is 12.8. The summed E-state index contributed by atoms with van der Waals surface area (Å²) >= 11 is 6.07. The summed E-state index contributed by atoms with van der Waals surface area (Å²) in [5.41, 5.74) is 1.55. The first-order chi connectivity index (χ1) is 13.9. The molecule has 0 aromatic heterocycles. The molecule has 1 aliphatic heterocycles. The number of benzene rings is 2. The summed E-state index contributed by atoms with van der Waals surface area (Å²) in [7, 11) is -3.52. The van der Waals surface area contributed by atoms with Gasteiger partial charge in [-0.2, -0.15) is 4.31 Å². The SMILES string of the molecule is CCN(CC)S(=O)(=O)c1ccc(C(=O)N2CCN(c3cccc(Cl)c3)CC2)cc1. The predicted molar refractivity (Wildman–Crippen MR) is 116 cm³/mol. The standard InChI is InChI=1S/C21H26ClN3O3S/c1-3-25(4-2)29(27,28)20-10-8-17(9-11-20)21(26)24-14-12-23(13-15-24)19-7-5-6-18(22)16-19/h5-11,16H,3-4,12-15H2,1-2H3. The van der Waals surface area contributed by atoms with Crippen molar-refractivity contribution in [3.8, 4) is 0 Å². The van der Waals surface area contributed by atoms with Crippen LogP contribution in [0.15, 0.2) is 53.4 Å². The number of carbonyl (C=O) groups excluding carboxylic acids is 1. The van der Waals surface area contributed by atoms with Gasteiger partial charge < -0.3 is 9.80 Å². The lowest BCUT2D eigenvalue weighted by molar-refractivity contribution is 0.0746. The Morgan fingerprint density at radius 2 is 1.62 bits per heavy atom. The Labute approximate surface area is 177 Å². The Morgan fingerprint density at radius 3 is 2.17 bits per heavy atom. The second kappa shape index (κ2) is 9.15. The van der Waals surface area contributed by atoms with Crippen molar-refractivity contribution in [3.05, 3.63) is 59.1 Å². The minimum atomic E-state index is -3.52. The molecule has 3 rings (SSSR count). The average molecular weight is 436 g/mol. The fraction of sp³-hybridized carbons (Fsp3) is 0.381. The number of hydrogen-bond donors (Lipinski definition) is 0. The van der Waals surface area contributed by atoms with E-state index in [1.807, 2.05) is 38.1 Å². The highest BCUT2D eigenvalue weighted by molar-refractivity contribution is 7.89. The lowest BCUT2D eigenvalue weighted by Crippen LogP contribution is -2.48. The van der Waals surface area contributed by atoms with Crippen LogP contribution in [-0.2, 0) is 10.0 Å². The molecule has 0 aliphatic carbocycles. The van der Waals surface area contributed by atoms with Crippen LogP contribution in [0.25, 0.3) is 0 Å². The van der Waals surface area contributed by atoms with Crippen molar-refractivity contribution in [2.75, 3.05) is 44.2 Å². The van der Waals surface area contributed by atoms with Gasteiger partial charge in [0.1, 0.15) is 0 Å². The Bertz CT molecular complexity index is 951. The first-order valence-electron chi connectivity index (χ1n) is 9.76. The van der Waals surface area contributed by atoms with Gasteiger partial charge in [0.05, 0.1) is 4.90 Å². The number of piperazine rings is 1. The number of rotatable bonds is 6. The molecule has 0 bridgehead atoms. The van der Waals surface area contributed by atoms with Gasteiger partial charge in [0, 0.05) is 55.5 Å². The van der Waals surface area contributed by atoms with E-state index in [2.05, 4.69) is 4.90 Å². The molecular weight excluding hydrogens is 410 g/mol. The molecule has 156 valence electrons. The van der Waals surface area contributed by atoms with Gasteiger partial charge in [-0.3, -0.25) is 4.79 Å². The summed E-state index contributed by atoms with van der Waals surface area (Å²) < 4.78 is 26.6. The van der Waals surface area contributed by atoms with Crippen molar-refractivity contribution >= 4 is 33.2 Å². The molecule has 6 nitrogen and oxygen atoms in total. The number of hydrogen-bond acceptors (Lipinski definition) is 4. The van der Waals surface area contributed by atoms with Crippen molar-refractivity contribution in [2.45, 2.75) is 18.7 Å². The van der Waals surface area contributed by atoms with E-state index < -0.39 is 10.0 Å². The summed E-state index contributed by atoms with van der Waals surface area (Å²) in [6, 6.07) is 13.9. The van der Waals surface area contributed by atoms with Gasteiger partial charge in [-0.25, -0.2) is 8.42 Å². The quantitative estimate of drug-likeness (QED) is 0.698. The fourth-order valence-electron chi connectivity index (χ4n) is 3.51. The van der Waals surface area contributed by atoms with Gasteiger partial charge in [0.2, 0.25) is 10.0 Å². The average Bonchev–Trinajstić information content (AvgIpc) is 2.74. The molecule has 8 heteroatoms. The van der Waals surface area contributed by atoms with Crippen LogP contribution in [-0.4, -0.2) is 62.8 Å². The number of amides is 1. The third kappa shape index (κ3) is 4.74. The number of carbonyl (C=O) groups is 1. The molecule has 1 amide bonds. The molecule has 0 unspecified atom stereocenters. The van der Waals surface area contributed by atoms with Gasteiger partial charge in [-0.05, 0) is 42.5 Å². The molecule has 1 fully saturated rings. The summed E-state index contributed by atoms with van der Waals surface area (Å²) in [4.78, 5) is 17.0. The maximum Gasteiger partial charge on any atom is 0.253 e. The lowest BCUT2D eigenvalue weighted by atomic mass is 10.1. The Balaban J connectivity index is 1.66. The second-order valence-electron chi connectivity index (χ2n) is 6.87. The third-order valence-corrected chi connectivity index (χ3v) is 7.48. The van der Waals surface area contributed by atoms with Crippen molar-refractivity contribution in [2.24, 2.45) is 0 Å². The molecule has 1 heterocycles. The molecule has 1 saturated heterocycles. The van der Waals surface area contributed by atoms with Crippen LogP contribution in [0.2, 0.25) is 5.02 Å². The fourth-order valence-corrected chi connectivity index (χ4v) is 5.15. The molecular formula is C21H26ClN3O3S. The molecule has 0 N–H and O–H groups in total. The predicted octanol–water partition coefficient (Wildman–Crippen LogP) is 3.33. The van der Waals surface area contributed by atoms with E-state index in [-0.39, 0.29) is 10.8 Å². The smallest absolute Gasteiger partial charge is 0.253 e. The summed E-state index contributed by atoms with van der Waals surface area (Å²) in [6.07, 6.45) is 0. The largest absolute Gasteiger partial charge is 0.368 e. The zero-order valence-electron chi connectivity index (χ0n) is 16.7. The minimum absolute atomic E-state index is 0.0810. The lowest BCUT2D eigenvalue weighted by Gasteiger charge is -2.36. The normalized spacial score (nSPS) is 15.0. The molecule has 0 radical (unpaired) electrons. The number of anilines is 1. The van der Waals surface area contributed by atoms with Crippen LogP contribution in [0.5, 0.6) is 0 Å². The first kappa shape index (κ1) is 21.6. The minimum Gasteiger partial charge on any atom is -0.368 e. The van der Waals surface area contributed by atoms with E-state index in [0.29, 0.717) is 36.8 Å². The van der Waals surface area contributed by atoms with Crippen molar-refractivity contribution in [3.63, 3.8) is 0 Å². The molecule has 2 aromatic rings.